The van der Waals surface area contributed by atoms with E-state index in [-0.39, 0.29) is 0 Å². The number of benzene rings is 1. The highest BCUT2D eigenvalue weighted by Gasteiger charge is 2.21. The zero-order valence-corrected chi connectivity index (χ0v) is 11.2. The van der Waals surface area contributed by atoms with E-state index < -0.39 is 0 Å². The first-order chi connectivity index (χ1) is 8.71. The zero-order valence-electron chi connectivity index (χ0n) is 11.2. The molecule has 18 heavy (non-hydrogen) atoms. The van der Waals surface area contributed by atoms with E-state index in [9.17, 15) is 0 Å². The van der Waals surface area contributed by atoms with Crippen molar-refractivity contribution >= 4 is 5.69 Å². The van der Waals surface area contributed by atoms with Crippen molar-refractivity contribution in [3.05, 3.63) is 18.2 Å². The summed E-state index contributed by atoms with van der Waals surface area (Å²) < 4.78 is 16.2. The molecule has 4 heteroatoms. The molecule has 0 spiro atoms. The van der Waals surface area contributed by atoms with Gasteiger partial charge >= 0.3 is 0 Å². The number of nitrogens with one attached hydrogen (secondary N) is 1. The Balaban J connectivity index is 1.95. The van der Waals surface area contributed by atoms with Crippen molar-refractivity contribution in [1.29, 1.82) is 0 Å². The van der Waals surface area contributed by atoms with Crippen LogP contribution in [-0.4, -0.2) is 33.0 Å². The number of anilines is 1. The fourth-order valence-electron chi connectivity index (χ4n) is 2.18. The summed E-state index contributed by atoms with van der Waals surface area (Å²) in [6.07, 6.45) is 2.96. The molecule has 0 saturated carbocycles. The van der Waals surface area contributed by atoms with Gasteiger partial charge in [0.2, 0.25) is 0 Å². The minimum atomic E-state index is 0.303. The molecule has 2 unspecified atom stereocenters. The second-order valence-corrected chi connectivity index (χ2v) is 4.63. The summed E-state index contributed by atoms with van der Waals surface area (Å²) in [5, 5.41) is 3.37. The number of hydrogen-bond donors (Lipinski definition) is 1. The molecule has 2 rings (SSSR count). The quantitative estimate of drug-likeness (QED) is 0.873. The van der Waals surface area contributed by atoms with E-state index in [1.54, 1.807) is 14.2 Å². The lowest BCUT2D eigenvalue weighted by Crippen LogP contribution is -2.19. The average molecular weight is 251 g/mol. The van der Waals surface area contributed by atoms with Gasteiger partial charge in [0.15, 0.2) is 0 Å². The van der Waals surface area contributed by atoms with E-state index >= 15 is 0 Å². The summed E-state index contributed by atoms with van der Waals surface area (Å²) in [4.78, 5) is 0. The van der Waals surface area contributed by atoms with Gasteiger partial charge < -0.3 is 19.5 Å². The van der Waals surface area contributed by atoms with Crippen molar-refractivity contribution in [2.45, 2.75) is 32.0 Å². The lowest BCUT2D eigenvalue weighted by atomic mass is 10.2. The Morgan fingerprint density at radius 2 is 1.83 bits per heavy atom. The number of hydrogen-bond acceptors (Lipinski definition) is 4. The zero-order chi connectivity index (χ0) is 13.0. The first-order valence-corrected chi connectivity index (χ1v) is 6.33. The SMILES string of the molecule is COc1cc(NCC2CCC(C)O2)cc(OC)c1. The second-order valence-electron chi connectivity index (χ2n) is 4.63. The molecule has 1 N–H and O–H groups in total. The Kier molecular flexibility index (Phi) is 4.31. The maximum absolute atomic E-state index is 5.77. The molecule has 1 aromatic rings. The Bertz CT molecular complexity index is 372. The largest absolute Gasteiger partial charge is 0.497 e. The predicted octanol–water partition coefficient (Wildman–Crippen LogP) is 2.68. The number of rotatable bonds is 5. The van der Waals surface area contributed by atoms with E-state index in [0.717, 1.165) is 36.6 Å². The van der Waals surface area contributed by atoms with Gasteiger partial charge in [-0.15, -0.1) is 0 Å². The van der Waals surface area contributed by atoms with E-state index in [0.29, 0.717) is 12.2 Å². The van der Waals surface area contributed by atoms with Crippen molar-refractivity contribution < 1.29 is 14.2 Å². The summed E-state index contributed by atoms with van der Waals surface area (Å²) in [6.45, 7) is 2.94. The highest BCUT2D eigenvalue weighted by Crippen LogP contribution is 2.26. The maximum Gasteiger partial charge on any atom is 0.124 e. The van der Waals surface area contributed by atoms with Crippen molar-refractivity contribution in [3.8, 4) is 11.5 Å². The Morgan fingerprint density at radius 1 is 1.17 bits per heavy atom. The first-order valence-electron chi connectivity index (χ1n) is 6.33. The lowest BCUT2D eigenvalue weighted by Gasteiger charge is -2.14. The molecular weight excluding hydrogens is 230 g/mol. The van der Waals surface area contributed by atoms with Crippen LogP contribution < -0.4 is 14.8 Å². The molecule has 0 radical (unpaired) electrons. The molecule has 1 saturated heterocycles. The molecule has 0 bridgehead atoms. The summed E-state index contributed by atoms with van der Waals surface area (Å²) in [6, 6.07) is 5.78. The molecular formula is C14H21NO3. The van der Waals surface area contributed by atoms with E-state index in [2.05, 4.69) is 12.2 Å². The lowest BCUT2D eigenvalue weighted by molar-refractivity contribution is 0.0637. The molecule has 0 aromatic heterocycles. The molecule has 1 aliphatic rings. The molecule has 0 aliphatic carbocycles. The average Bonchev–Trinajstić information content (AvgIpc) is 2.81. The van der Waals surface area contributed by atoms with Crippen LogP contribution in [0.1, 0.15) is 19.8 Å². The van der Waals surface area contributed by atoms with Crippen molar-refractivity contribution in [2.24, 2.45) is 0 Å². The van der Waals surface area contributed by atoms with E-state index in [4.69, 9.17) is 14.2 Å². The maximum atomic E-state index is 5.77. The van der Waals surface area contributed by atoms with Crippen LogP contribution in [0.5, 0.6) is 11.5 Å². The molecule has 0 amide bonds. The predicted molar refractivity (Wildman–Crippen MR) is 71.6 cm³/mol. The third kappa shape index (κ3) is 3.29. The molecule has 1 fully saturated rings. The van der Waals surface area contributed by atoms with Gasteiger partial charge in [-0.2, -0.15) is 0 Å². The number of methoxy groups -OCH3 is 2. The Morgan fingerprint density at radius 3 is 2.33 bits per heavy atom. The summed E-state index contributed by atoms with van der Waals surface area (Å²) in [7, 11) is 3.31. The topological polar surface area (TPSA) is 39.7 Å². The second kappa shape index (κ2) is 5.96. The van der Waals surface area contributed by atoms with Crippen LogP contribution in [0, 0.1) is 0 Å². The van der Waals surface area contributed by atoms with Gasteiger partial charge in [0.1, 0.15) is 11.5 Å². The fourth-order valence-corrected chi connectivity index (χ4v) is 2.18. The van der Waals surface area contributed by atoms with Gasteiger partial charge in [0, 0.05) is 30.4 Å². The van der Waals surface area contributed by atoms with Gasteiger partial charge in [-0.25, -0.2) is 0 Å². The molecule has 100 valence electrons. The highest BCUT2D eigenvalue weighted by atomic mass is 16.5. The molecule has 1 aromatic carbocycles. The minimum absolute atomic E-state index is 0.303. The van der Waals surface area contributed by atoms with Gasteiger partial charge in [-0.1, -0.05) is 0 Å². The third-order valence-corrected chi connectivity index (χ3v) is 3.21. The van der Waals surface area contributed by atoms with Gasteiger partial charge in [-0.3, -0.25) is 0 Å². The van der Waals surface area contributed by atoms with Crippen molar-refractivity contribution in [2.75, 3.05) is 26.1 Å². The molecule has 2 atom stereocenters. The van der Waals surface area contributed by atoms with E-state index in [1.807, 2.05) is 18.2 Å². The van der Waals surface area contributed by atoms with Crippen molar-refractivity contribution in [3.63, 3.8) is 0 Å². The van der Waals surface area contributed by atoms with Crippen LogP contribution in [0.25, 0.3) is 0 Å². The minimum Gasteiger partial charge on any atom is -0.497 e. The molecule has 1 aliphatic heterocycles. The van der Waals surface area contributed by atoms with Gasteiger partial charge in [0.25, 0.3) is 0 Å². The smallest absolute Gasteiger partial charge is 0.124 e. The third-order valence-electron chi connectivity index (χ3n) is 3.21. The van der Waals surface area contributed by atoms with Crippen LogP contribution in [0.4, 0.5) is 5.69 Å². The summed E-state index contributed by atoms with van der Waals surface area (Å²) in [5.74, 6) is 1.58. The fraction of sp³-hybridized carbons (Fsp3) is 0.571. The van der Waals surface area contributed by atoms with Crippen LogP contribution >= 0.6 is 0 Å². The summed E-state index contributed by atoms with van der Waals surface area (Å²) >= 11 is 0. The Labute approximate surface area is 108 Å². The molecule has 1 heterocycles. The van der Waals surface area contributed by atoms with Gasteiger partial charge in [0.05, 0.1) is 26.4 Å². The van der Waals surface area contributed by atoms with E-state index in [1.165, 1.54) is 0 Å². The summed E-state index contributed by atoms with van der Waals surface area (Å²) in [5.41, 5.74) is 0.995. The van der Waals surface area contributed by atoms with Gasteiger partial charge in [-0.05, 0) is 19.8 Å². The number of ether oxygens (including phenoxy) is 3. The monoisotopic (exact) mass is 251 g/mol. The highest BCUT2D eigenvalue weighted by molar-refractivity contribution is 5.53. The standard InChI is InChI=1S/C14H21NO3/c1-10-4-5-12(18-10)9-15-11-6-13(16-2)8-14(7-11)17-3/h6-8,10,12,15H,4-5,9H2,1-3H3. The van der Waals surface area contributed by atoms with Crippen LogP contribution in [-0.2, 0) is 4.74 Å². The van der Waals surface area contributed by atoms with Crippen LogP contribution in [0.2, 0.25) is 0 Å². The van der Waals surface area contributed by atoms with Crippen LogP contribution in [0.3, 0.4) is 0 Å². The Hall–Kier alpha value is -1.42. The normalized spacial score (nSPS) is 22.8. The van der Waals surface area contributed by atoms with Crippen LogP contribution in [0.15, 0.2) is 18.2 Å². The molecule has 4 nitrogen and oxygen atoms in total. The first kappa shape index (κ1) is 13.0. The van der Waals surface area contributed by atoms with Crippen molar-refractivity contribution in [1.82, 2.24) is 0 Å².